The molecule has 0 saturated heterocycles. The SMILES string of the molecule is CN(C)C=NSc1cc(N)cc2c(Cl)nccc12. The Kier molecular flexibility index (Phi) is 3.93. The second-order valence-corrected chi connectivity index (χ2v) is 5.18. The average molecular weight is 281 g/mol. The summed E-state index contributed by atoms with van der Waals surface area (Å²) >= 11 is 7.43. The molecule has 1 heterocycles. The number of benzene rings is 1. The molecule has 0 spiro atoms. The summed E-state index contributed by atoms with van der Waals surface area (Å²) in [6.07, 6.45) is 3.42. The Balaban J connectivity index is 2.46. The summed E-state index contributed by atoms with van der Waals surface area (Å²) in [4.78, 5) is 6.89. The van der Waals surface area contributed by atoms with E-state index in [0.717, 1.165) is 15.7 Å². The lowest BCUT2D eigenvalue weighted by molar-refractivity contribution is 0.645. The number of anilines is 1. The van der Waals surface area contributed by atoms with Crippen LogP contribution in [0.4, 0.5) is 5.69 Å². The number of nitrogens with two attached hydrogens (primary N) is 1. The second-order valence-electron chi connectivity index (χ2n) is 3.99. The van der Waals surface area contributed by atoms with Crippen LogP contribution in [-0.2, 0) is 0 Å². The number of fused-ring (bicyclic) bond motifs is 1. The molecule has 0 saturated carbocycles. The molecule has 4 nitrogen and oxygen atoms in total. The first-order chi connectivity index (χ1) is 8.58. The van der Waals surface area contributed by atoms with Gasteiger partial charge >= 0.3 is 0 Å². The second kappa shape index (κ2) is 5.46. The minimum Gasteiger partial charge on any atom is -0.399 e. The third kappa shape index (κ3) is 2.86. The van der Waals surface area contributed by atoms with E-state index in [1.165, 1.54) is 11.9 Å². The molecule has 2 N–H and O–H groups in total. The van der Waals surface area contributed by atoms with E-state index < -0.39 is 0 Å². The van der Waals surface area contributed by atoms with E-state index in [-0.39, 0.29) is 0 Å². The predicted molar refractivity (Wildman–Crippen MR) is 79.2 cm³/mol. The molecule has 2 rings (SSSR count). The maximum absolute atomic E-state index is 6.06. The Hall–Kier alpha value is -1.46. The van der Waals surface area contributed by atoms with Crippen molar-refractivity contribution >= 4 is 46.3 Å². The summed E-state index contributed by atoms with van der Waals surface area (Å²) in [6.45, 7) is 0. The standard InChI is InChI=1S/C12H13ClN4S/c1-17(2)7-16-18-11-6-8(14)5-10-9(11)3-4-15-12(10)13/h3-7H,14H2,1-2H3. The number of halogens is 1. The third-order valence-corrected chi connectivity index (χ3v) is 3.28. The molecule has 0 aliphatic rings. The highest BCUT2D eigenvalue weighted by atomic mass is 35.5. The predicted octanol–water partition coefficient (Wildman–Crippen LogP) is 3.07. The fourth-order valence-corrected chi connectivity index (χ4v) is 2.51. The molecule has 6 heteroatoms. The molecule has 0 bridgehead atoms. The van der Waals surface area contributed by atoms with Crippen molar-refractivity contribution in [2.24, 2.45) is 4.40 Å². The first-order valence-corrected chi connectivity index (χ1v) is 6.44. The highest BCUT2D eigenvalue weighted by Gasteiger charge is 2.06. The summed E-state index contributed by atoms with van der Waals surface area (Å²) in [6, 6.07) is 5.62. The van der Waals surface area contributed by atoms with Crippen molar-refractivity contribution in [2.45, 2.75) is 4.90 Å². The number of nitrogen functional groups attached to an aromatic ring is 1. The van der Waals surface area contributed by atoms with Gasteiger partial charge in [0.15, 0.2) is 0 Å². The van der Waals surface area contributed by atoms with Crippen molar-refractivity contribution in [3.63, 3.8) is 0 Å². The molecule has 18 heavy (non-hydrogen) atoms. The van der Waals surface area contributed by atoms with E-state index in [4.69, 9.17) is 17.3 Å². The summed E-state index contributed by atoms with van der Waals surface area (Å²) in [5.74, 6) is 0. The quantitative estimate of drug-likeness (QED) is 0.309. The highest BCUT2D eigenvalue weighted by molar-refractivity contribution is 7.98. The van der Waals surface area contributed by atoms with Crippen LogP contribution in [0.1, 0.15) is 0 Å². The van der Waals surface area contributed by atoms with Crippen molar-refractivity contribution in [2.75, 3.05) is 19.8 Å². The van der Waals surface area contributed by atoms with Gasteiger partial charge in [0.1, 0.15) is 5.15 Å². The van der Waals surface area contributed by atoms with Crippen LogP contribution in [0.25, 0.3) is 10.8 Å². The lowest BCUT2D eigenvalue weighted by Crippen LogP contribution is -2.06. The monoisotopic (exact) mass is 280 g/mol. The van der Waals surface area contributed by atoms with E-state index in [1.807, 2.05) is 37.2 Å². The summed E-state index contributed by atoms with van der Waals surface area (Å²) in [5.41, 5.74) is 6.52. The summed E-state index contributed by atoms with van der Waals surface area (Å²) in [5, 5.41) is 2.31. The fraction of sp³-hybridized carbons (Fsp3) is 0.167. The van der Waals surface area contributed by atoms with Gasteiger partial charge in [0.05, 0.1) is 6.34 Å². The molecule has 0 aliphatic heterocycles. The van der Waals surface area contributed by atoms with Gasteiger partial charge in [-0.15, -0.1) is 0 Å². The van der Waals surface area contributed by atoms with Crippen molar-refractivity contribution in [3.8, 4) is 0 Å². The molecule has 0 amide bonds. The van der Waals surface area contributed by atoms with Gasteiger partial charge < -0.3 is 10.6 Å². The number of rotatable bonds is 3. The molecular formula is C12H13ClN4S. The van der Waals surface area contributed by atoms with Gasteiger partial charge in [0.2, 0.25) is 0 Å². The van der Waals surface area contributed by atoms with E-state index in [2.05, 4.69) is 9.38 Å². The van der Waals surface area contributed by atoms with Crippen LogP contribution in [0.5, 0.6) is 0 Å². The minimum absolute atomic E-state index is 0.457. The molecule has 94 valence electrons. The highest BCUT2D eigenvalue weighted by Crippen LogP contribution is 2.33. The topological polar surface area (TPSA) is 54.5 Å². The van der Waals surface area contributed by atoms with Gasteiger partial charge in [-0.2, -0.15) is 0 Å². The molecule has 1 aromatic heterocycles. The Morgan fingerprint density at radius 2 is 2.17 bits per heavy atom. The first-order valence-electron chi connectivity index (χ1n) is 5.28. The van der Waals surface area contributed by atoms with Crippen LogP contribution in [0, 0.1) is 0 Å². The zero-order valence-electron chi connectivity index (χ0n) is 10.1. The van der Waals surface area contributed by atoms with Gasteiger partial charge in [0.25, 0.3) is 0 Å². The lowest BCUT2D eigenvalue weighted by Gasteiger charge is -2.07. The Bertz CT molecular complexity index is 598. The van der Waals surface area contributed by atoms with Gasteiger partial charge in [-0.05, 0) is 18.2 Å². The van der Waals surface area contributed by atoms with E-state index >= 15 is 0 Å². The first kappa shape index (κ1) is 13.0. The van der Waals surface area contributed by atoms with E-state index in [0.29, 0.717) is 10.8 Å². The zero-order chi connectivity index (χ0) is 13.1. The molecule has 0 unspecified atom stereocenters. The van der Waals surface area contributed by atoms with Gasteiger partial charge in [-0.3, -0.25) is 0 Å². The molecule has 0 fully saturated rings. The molecule has 2 aromatic rings. The van der Waals surface area contributed by atoms with Crippen molar-refractivity contribution in [1.82, 2.24) is 9.88 Å². The van der Waals surface area contributed by atoms with Crippen LogP contribution >= 0.6 is 23.5 Å². The molecule has 0 radical (unpaired) electrons. The van der Waals surface area contributed by atoms with Crippen LogP contribution < -0.4 is 5.73 Å². The normalized spacial score (nSPS) is 11.3. The average Bonchev–Trinajstić information content (AvgIpc) is 2.30. The van der Waals surface area contributed by atoms with E-state index in [9.17, 15) is 0 Å². The maximum Gasteiger partial charge on any atom is 0.136 e. The Morgan fingerprint density at radius 1 is 1.39 bits per heavy atom. The number of pyridine rings is 1. The smallest absolute Gasteiger partial charge is 0.136 e. The fourth-order valence-electron chi connectivity index (χ4n) is 1.49. The van der Waals surface area contributed by atoms with E-state index in [1.54, 1.807) is 12.5 Å². The summed E-state index contributed by atoms with van der Waals surface area (Å²) < 4.78 is 4.26. The zero-order valence-corrected chi connectivity index (χ0v) is 11.7. The van der Waals surface area contributed by atoms with Crippen LogP contribution in [-0.4, -0.2) is 30.3 Å². The molecule has 1 aromatic carbocycles. The van der Waals surface area contributed by atoms with Gasteiger partial charge in [-0.1, -0.05) is 11.6 Å². The third-order valence-electron chi connectivity index (χ3n) is 2.24. The number of hydrogen-bond acceptors (Lipinski definition) is 4. The van der Waals surface area contributed by atoms with Crippen molar-refractivity contribution < 1.29 is 0 Å². The molecule has 0 aliphatic carbocycles. The number of nitrogens with zero attached hydrogens (tertiary/aromatic N) is 3. The lowest BCUT2D eigenvalue weighted by atomic mass is 10.1. The van der Waals surface area contributed by atoms with Gasteiger partial charge in [-0.25, -0.2) is 9.38 Å². The number of hydrogen-bond donors (Lipinski definition) is 1. The summed E-state index contributed by atoms with van der Waals surface area (Å²) in [7, 11) is 3.84. The van der Waals surface area contributed by atoms with Crippen LogP contribution in [0.15, 0.2) is 33.7 Å². The largest absolute Gasteiger partial charge is 0.399 e. The van der Waals surface area contributed by atoms with Crippen LogP contribution in [0.2, 0.25) is 5.15 Å². The van der Waals surface area contributed by atoms with Crippen LogP contribution in [0.3, 0.4) is 0 Å². The Morgan fingerprint density at radius 3 is 2.89 bits per heavy atom. The molecule has 0 atom stereocenters. The molecular weight excluding hydrogens is 268 g/mol. The van der Waals surface area contributed by atoms with Crippen molar-refractivity contribution in [1.29, 1.82) is 0 Å². The minimum atomic E-state index is 0.457. The maximum atomic E-state index is 6.06. The Labute approximate surface area is 115 Å². The van der Waals surface area contributed by atoms with Gasteiger partial charge in [0, 0.05) is 53.6 Å². The van der Waals surface area contributed by atoms with Crippen molar-refractivity contribution in [3.05, 3.63) is 29.5 Å². The number of aromatic nitrogens is 1.